The van der Waals surface area contributed by atoms with Gasteiger partial charge in [0.15, 0.2) is 0 Å². The molecule has 1 heterocycles. The Morgan fingerprint density at radius 3 is 2.30 bits per heavy atom. The van der Waals surface area contributed by atoms with E-state index in [2.05, 4.69) is 15.6 Å². The predicted octanol–water partition coefficient (Wildman–Crippen LogP) is 3.40. The molecule has 3 rings (SSSR count). The number of rotatable bonds is 4. The monoisotopic (exact) mass is 317 g/mol. The lowest BCUT2D eigenvalue weighted by Crippen LogP contribution is -2.48. The van der Waals surface area contributed by atoms with Gasteiger partial charge >= 0.3 is 6.03 Å². The number of ether oxygens (including phenoxy) is 1. The first-order valence-electron chi connectivity index (χ1n) is 8.94. The van der Waals surface area contributed by atoms with E-state index in [9.17, 15) is 4.79 Å². The third kappa shape index (κ3) is 5.12. The lowest BCUT2D eigenvalue weighted by atomic mass is 9.93. The highest BCUT2D eigenvalue weighted by atomic mass is 16.5. The number of hydrogen-bond donors (Lipinski definition) is 2. The maximum atomic E-state index is 12.1. The Balaban J connectivity index is 1.36. The summed E-state index contributed by atoms with van der Waals surface area (Å²) in [7, 11) is 0. The maximum Gasteiger partial charge on any atom is 0.315 e. The van der Waals surface area contributed by atoms with Crippen molar-refractivity contribution in [3.63, 3.8) is 0 Å². The molecule has 1 aromatic rings. The summed E-state index contributed by atoms with van der Waals surface area (Å²) < 4.78 is 5.89. The summed E-state index contributed by atoms with van der Waals surface area (Å²) in [5, 5.41) is 6.26. The summed E-state index contributed by atoms with van der Waals surface area (Å²) in [6, 6.07) is 6.35. The van der Waals surface area contributed by atoms with Crippen molar-refractivity contribution in [2.24, 2.45) is 0 Å². The average Bonchev–Trinajstić information content (AvgIpc) is 2.58. The van der Waals surface area contributed by atoms with Crippen LogP contribution in [0.2, 0.25) is 0 Å². The van der Waals surface area contributed by atoms with Crippen molar-refractivity contribution in [1.29, 1.82) is 0 Å². The molecule has 2 aliphatic rings. The van der Waals surface area contributed by atoms with Crippen molar-refractivity contribution in [3.05, 3.63) is 24.4 Å². The SMILES string of the molecule is O=C(NC1CCCCC1)NC1CCC(Oc2ccccn2)CC1. The van der Waals surface area contributed by atoms with Gasteiger partial charge in [0.25, 0.3) is 0 Å². The predicted molar refractivity (Wildman–Crippen MR) is 89.4 cm³/mol. The molecule has 0 radical (unpaired) electrons. The van der Waals surface area contributed by atoms with Crippen LogP contribution in [0.4, 0.5) is 4.79 Å². The fourth-order valence-electron chi connectivity index (χ4n) is 3.57. The fourth-order valence-corrected chi connectivity index (χ4v) is 3.57. The van der Waals surface area contributed by atoms with Gasteiger partial charge in [0, 0.05) is 24.3 Å². The van der Waals surface area contributed by atoms with Crippen LogP contribution in [0.1, 0.15) is 57.8 Å². The van der Waals surface area contributed by atoms with Gasteiger partial charge in [-0.3, -0.25) is 0 Å². The second-order valence-corrected chi connectivity index (χ2v) is 6.71. The van der Waals surface area contributed by atoms with E-state index in [1.165, 1.54) is 19.3 Å². The third-order valence-corrected chi connectivity index (χ3v) is 4.87. The smallest absolute Gasteiger partial charge is 0.315 e. The first-order valence-corrected chi connectivity index (χ1v) is 8.94. The van der Waals surface area contributed by atoms with E-state index in [0.29, 0.717) is 11.9 Å². The van der Waals surface area contributed by atoms with Crippen LogP contribution in [-0.2, 0) is 0 Å². The first-order chi connectivity index (χ1) is 11.3. The van der Waals surface area contributed by atoms with E-state index in [1.54, 1.807) is 6.20 Å². The minimum absolute atomic E-state index is 0.00555. The molecule has 0 saturated heterocycles. The molecular weight excluding hydrogens is 290 g/mol. The molecule has 5 nitrogen and oxygen atoms in total. The summed E-state index contributed by atoms with van der Waals surface area (Å²) in [6.07, 6.45) is 11.8. The van der Waals surface area contributed by atoms with Crippen molar-refractivity contribution < 1.29 is 9.53 Å². The highest BCUT2D eigenvalue weighted by Crippen LogP contribution is 2.23. The lowest BCUT2D eigenvalue weighted by molar-refractivity contribution is 0.134. The number of hydrogen-bond acceptors (Lipinski definition) is 3. The number of carbonyl (C=O) groups excluding carboxylic acids is 1. The minimum Gasteiger partial charge on any atom is -0.474 e. The molecule has 2 amide bonds. The van der Waals surface area contributed by atoms with Crippen LogP contribution in [0.15, 0.2) is 24.4 Å². The first kappa shape index (κ1) is 16.1. The number of nitrogens with one attached hydrogen (secondary N) is 2. The normalized spacial score (nSPS) is 25.6. The van der Waals surface area contributed by atoms with E-state index in [4.69, 9.17) is 4.74 Å². The minimum atomic E-state index is 0.00555. The molecule has 0 aliphatic heterocycles. The Bertz CT molecular complexity index is 480. The van der Waals surface area contributed by atoms with Crippen molar-refractivity contribution in [1.82, 2.24) is 15.6 Å². The zero-order valence-electron chi connectivity index (χ0n) is 13.7. The van der Waals surface area contributed by atoms with Gasteiger partial charge in [0.05, 0.1) is 0 Å². The van der Waals surface area contributed by atoms with E-state index >= 15 is 0 Å². The number of carbonyl (C=O) groups is 1. The number of pyridine rings is 1. The van der Waals surface area contributed by atoms with Crippen molar-refractivity contribution in [2.75, 3.05) is 0 Å². The maximum absolute atomic E-state index is 12.1. The van der Waals surface area contributed by atoms with Gasteiger partial charge in [0.1, 0.15) is 6.10 Å². The fraction of sp³-hybridized carbons (Fsp3) is 0.667. The lowest BCUT2D eigenvalue weighted by Gasteiger charge is -2.30. The van der Waals surface area contributed by atoms with Gasteiger partial charge in [-0.05, 0) is 44.6 Å². The molecule has 126 valence electrons. The van der Waals surface area contributed by atoms with Crippen LogP contribution in [0.3, 0.4) is 0 Å². The quantitative estimate of drug-likeness (QED) is 0.894. The Kier molecular flexibility index (Phi) is 5.72. The standard InChI is InChI=1S/C18H27N3O2/c22-18(20-14-6-2-1-3-7-14)21-15-9-11-16(12-10-15)23-17-8-4-5-13-19-17/h4-5,8,13-16H,1-3,6-7,9-12H2,(H2,20,21,22). The average molecular weight is 317 g/mol. The summed E-state index contributed by atoms with van der Waals surface area (Å²) in [4.78, 5) is 16.3. The van der Waals surface area contributed by atoms with Gasteiger partial charge in [-0.15, -0.1) is 0 Å². The summed E-state index contributed by atoms with van der Waals surface area (Å²) in [6.45, 7) is 0. The molecule has 2 N–H and O–H groups in total. The van der Waals surface area contributed by atoms with Crippen LogP contribution in [0.25, 0.3) is 0 Å². The van der Waals surface area contributed by atoms with Crippen molar-refractivity contribution in [3.8, 4) is 5.88 Å². The summed E-state index contributed by atoms with van der Waals surface area (Å²) in [5.41, 5.74) is 0. The summed E-state index contributed by atoms with van der Waals surface area (Å²) in [5.74, 6) is 0.693. The van der Waals surface area contributed by atoms with E-state index in [1.807, 2.05) is 18.2 Å². The van der Waals surface area contributed by atoms with Crippen molar-refractivity contribution in [2.45, 2.75) is 76.0 Å². The van der Waals surface area contributed by atoms with Crippen LogP contribution >= 0.6 is 0 Å². The van der Waals surface area contributed by atoms with Crippen LogP contribution < -0.4 is 15.4 Å². The molecule has 0 aromatic carbocycles. The molecular formula is C18H27N3O2. The number of aromatic nitrogens is 1. The second kappa shape index (κ2) is 8.18. The number of nitrogens with zero attached hydrogens (tertiary/aromatic N) is 1. The van der Waals surface area contributed by atoms with Gasteiger partial charge in [-0.1, -0.05) is 25.3 Å². The zero-order chi connectivity index (χ0) is 15.9. The van der Waals surface area contributed by atoms with Crippen LogP contribution in [0, 0.1) is 0 Å². The molecule has 0 bridgehead atoms. The molecule has 2 saturated carbocycles. The van der Waals surface area contributed by atoms with E-state index in [-0.39, 0.29) is 18.2 Å². The van der Waals surface area contributed by atoms with Gasteiger partial charge in [-0.2, -0.15) is 0 Å². The van der Waals surface area contributed by atoms with E-state index < -0.39 is 0 Å². The van der Waals surface area contributed by atoms with Crippen LogP contribution in [-0.4, -0.2) is 29.2 Å². The third-order valence-electron chi connectivity index (χ3n) is 4.87. The Morgan fingerprint density at radius 2 is 1.65 bits per heavy atom. The highest BCUT2D eigenvalue weighted by Gasteiger charge is 2.24. The van der Waals surface area contributed by atoms with E-state index in [0.717, 1.165) is 38.5 Å². The molecule has 2 fully saturated rings. The number of urea groups is 1. The summed E-state index contributed by atoms with van der Waals surface area (Å²) >= 11 is 0. The molecule has 0 spiro atoms. The van der Waals surface area contributed by atoms with Gasteiger partial charge < -0.3 is 15.4 Å². The largest absolute Gasteiger partial charge is 0.474 e. The zero-order valence-corrected chi connectivity index (χ0v) is 13.7. The van der Waals surface area contributed by atoms with Crippen molar-refractivity contribution >= 4 is 6.03 Å². The molecule has 5 heteroatoms. The van der Waals surface area contributed by atoms with Gasteiger partial charge in [-0.25, -0.2) is 9.78 Å². The number of amides is 2. The Labute approximate surface area is 138 Å². The molecule has 2 aliphatic carbocycles. The Morgan fingerprint density at radius 1 is 0.957 bits per heavy atom. The topological polar surface area (TPSA) is 63.2 Å². The second-order valence-electron chi connectivity index (χ2n) is 6.71. The molecule has 1 aromatic heterocycles. The Hall–Kier alpha value is -1.78. The van der Waals surface area contributed by atoms with Gasteiger partial charge in [0.2, 0.25) is 5.88 Å². The highest BCUT2D eigenvalue weighted by molar-refractivity contribution is 5.74. The molecule has 23 heavy (non-hydrogen) atoms. The molecule has 0 atom stereocenters. The van der Waals surface area contributed by atoms with Crippen LogP contribution in [0.5, 0.6) is 5.88 Å². The molecule has 0 unspecified atom stereocenters.